The molecule has 1 aliphatic heterocycles. The Bertz CT molecular complexity index is 803. The van der Waals surface area contributed by atoms with Crippen LogP contribution < -0.4 is 0 Å². The van der Waals surface area contributed by atoms with Gasteiger partial charge in [0.15, 0.2) is 0 Å². The standard InChI is InChI=1S/C19H21NO7/c1-2-26-17(22)15-11-14(12-6-5-7-13(10-12)20(24)25)19(18(23)27-15)9-4-3-8-16(19)21/h5-7,10-11,14,18,23H,2-4,8-9H2,1H3/t14-,18?,19+/m1/s1. The second kappa shape index (κ2) is 7.48. The summed E-state index contributed by atoms with van der Waals surface area (Å²) in [6, 6.07) is 5.89. The number of hydrogen-bond donors (Lipinski definition) is 1. The molecule has 27 heavy (non-hydrogen) atoms. The second-order valence-corrected chi connectivity index (χ2v) is 6.72. The minimum atomic E-state index is -1.53. The number of Topliss-reactive ketones (excluding diaryl/α,β-unsaturated/α-hetero) is 1. The van der Waals surface area contributed by atoms with Crippen molar-refractivity contribution in [2.75, 3.05) is 6.61 Å². The van der Waals surface area contributed by atoms with Crippen molar-refractivity contribution in [3.05, 3.63) is 51.8 Å². The average Bonchev–Trinajstić information content (AvgIpc) is 2.65. The van der Waals surface area contributed by atoms with Crippen molar-refractivity contribution in [1.82, 2.24) is 0 Å². The third-order valence-corrected chi connectivity index (χ3v) is 5.23. The van der Waals surface area contributed by atoms with Crippen LogP contribution in [-0.2, 0) is 19.1 Å². The van der Waals surface area contributed by atoms with E-state index in [4.69, 9.17) is 9.47 Å². The van der Waals surface area contributed by atoms with E-state index in [0.717, 1.165) is 0 Å². The third-order valence-electron chi connectivity index (χ3n) is 5.23. The number of non-ortho nitro benzene ring substituents is 1. The summed E-state index contributed by atoms with van der Waals surface area (Å²) in [5, 5.41) is 21.9. The Morgan fingerprint density at radius 2 is 2.22 bits per heavy atom. The Kier molecular flexibility index (Phi) is 5.27. The van der Waals surface area contributed by atoms with Gasteiger partial charge in [-0.2, -0.15) is 0 Å². The van der Waals surface area contributed by atoms with Crippen molar-refractivity contribution >= 4 is 17.4 Å². The molecule has 1 aromatic rings. The van der Waals surface area contributed by atoms with Gasteiger partial charge in [-0.05, 0) is 31.4 Å². The van der Waals surface area contributed by atoms with Gasteiger partial charge in [-0.25, -0.2) is 4.79 Å². The van der Waals surface area contributed by atoms with Crippen LogP contribution in [-0.4, -0.2) is 34.7 Å². The van der Waals surface area contributed by atoms with Crippen LogP contribution in [0.2, 0.25) is 0 Å². The lowest BCUT2D eigenvalue weighted by Gasteiger charge is -2.46. The van der Waals surface area contributed by atoms with Crippen LogP contribution in [0.5, 0.6) is 0 Å². The highest BCUT2D eigenvalue weighted by Gasteiger charge is 2.56. The van der Waals surface area contributed by atoms with E-state index in [0.29, 0.717) is 24.8 Å². The molecular formula is C19H21NO7. The smallest absolute Gasteiger partial charge is 0.373 e. The van der Waals surface area contributed by atoms with Crippen LogP contribution in [0.15, 0.2) is 36.1 Å². The third kappa shape index (κ3) is 3.32. The Labute approximate surface area is 155 Å². The predicted octanol–water partition coefficient (Wildman–Crippen LogP) is 2.60. The number of carbonyl (C=O) groups excluding carboxylic acids is 2. The molecule has 8 heteroatoms. The molecule has 1 aliphatic carbocycles. The molecule has 144 valence electrons. The van der Waals surface area contributed by atoms with Crippen LogP contribution in [0.4, 0.5) is 5.69 Å². The van der Waals surface area contributed by atoms with Gasteiger partial charge in [-0.3, -0.25) is 14.9 Å². The number of benzene rings is 1. The zero-order chi connectivity index (χ0) is 19.6. The Morgan fingerprint density at radius 1 is 1.44 bits per heavy atom. The number of hydrogen-bond acceptors (Lipinski definition) is 7. The summed E-state index contributed by atoms with van der Waals surface area (Å²) in [7, 11) is 0. The fourth-order valence-corrected chi connectivity index (χ4v) is 3.93. The van der Waals surface area contributed by atoms with E-state index in [2.05, 4.69) is 0 Å². The Hall–Kier alpha value is -2.74. The molecule has 0 bridgehead atoms. The summed E-state index contributed by atoms with van der Waals surface area (Å²) in [6.45, 7) is 1.77. The van der Waals surface area contributed by atoms with Crippen molar-refractivity contribution < 1.29 is 29.1 Å². The number of carbonyl (C=O) groups is 2. The lowest BCUT2D eigenvalue weighted by molar-refractivity contribution is -0.385. The minimum absolute atomic E-state index is 0.126. The number of nitrogens with zero attached hydrogens (tertiary/aromatic N) is 1. The highest BCUT2D eigenvalue weighted by atomic mass is 16.6. The molecule has 0 aromatic heterocycles. The number of ketones is 1. The van der Waals surface area contributed by atoms with Gasteiger partial charge in [0.25, 0.3) is 5.69 Å². The van der Waals surface area contributed by atoms with Gasteiger partial charge in [0.2, 0.25) is 12.0 Å². The molecule has 0 radical (unpaired) electrons. The van der Waals surface area contributed by atoms with Crippen LogP contribution in [0.3, 0.4) is 0 Å². The van der Waals surface area contributed by atoms with E-state index in [-0.39, 0.29) is 30.3 Å². The lowest BCUT2D eigenvalue weighted by atomic mass is 9.61. The van der Waals surface area contributed by atoms with Crippen LogP contribution >= 0.6 is 0 Å². The quantitative estimate of drug-likeness (QED) is 0.488. The molecule has 2 aliphatic rings. The molecule has 1 spiro atoms. The van der Waals surface area contributed by atoms with Gasteiger partial charge in [-0.15, -0.1) is 0 Å². The fourth-order valence-electron chi connectivity index (χ4n) is 3.93. The number of rotatable bonds is 4. The molecule has 1 heterocycles. The van der Waals surface area contributed by atoms with Gasteiger partial charge < -0.3 is 14.6 Å². The molecule has 1 unspecified atom stereocenters. The molecule has 3 atom stereocenters. The second-order valence-electron chi connectivity index (χ2n) is 6.72. The number of ether oxygens (including phenoxy) is 2. The van der Waals surface area contributed by atoms with Crippen molar-refractivity contribution in [3.63, 3.8) is 0 Å². The van der Waals surface area contributed by atoms with E-state index >= 15 is 0 Å². The molecular weight excluding hydrogens is 354 g/mol. The molecule has 1 aromatic carbocycles. The first kappa shape index (κ1) is 19.0. The van der Waals surface area contributed by atoms with Crippen molar-refractivity contribution in [2.24, 2.45) is 5.41 Å². The SMILES string of the molecule is CCOC(=O)C1=C[C@H](c2cccc([N+](=O)[O-])c2)[C@]2(CCCCC2=O)C(O)O1. The van der Waals surface area contributed by atoms with E-state index < -0.39 is 28.5 Å². The van der Waals surface area contributed by atoms with Gasteiger partial charge in [0.05, 0.1) is 11.5 Å². The molecule has 1 fully saturated rings. The topological polar surface area (TPSA) is 116 Å². The summed E-state index contributed by atoms with van der Waals surface area (Å²) in [5.74, 6) is -1.83. The maximum absolute atomic E-state index is 12.9. The number of aliphatic hydroxyl groups excluding tert-OH is 1. The largest absolute Gasteiger partial charge is 0.460 e. The zero-order valence-corrected chi connectivity index (χ0v) is 14.9. The lowest BCUT2D eigenvalue weighted by Crippen LogP contribution is -2.52. The molecule has 1 saturated carbocycles. The predicted molar refractivity (Wildman–Crippen MR) is 93.6 cm³/mol. The first-order chi connectivity index (χ1) is 12.9. The first-order valence-corrected chi connectivity index (χ1v) is 8.91. The fraction of sp³-hybridized carbons (Fsp3) is 0.474. The average molecular weight is 375 g/mol. The van der Waals surface area contributed by atoms with E-state index in [1.807, 2.05) is 0 Å². The van der Waals surface area contributed by atoms with Gasteiger partial charge in [-0.1, -0.05) is 18.6 Å². The minimum Gasteiger partial charge on any atom is -0.460 e. The summed E-state index contributed by atoms with van der Waals surface area (Å²) in [5.41, 5.74) is -0.926. The number of nitro benzene ring substituents is 1. The monoisotopic (exact) mass is 375 g/mol. The Balaban J connectivity index is 2.13. The summed E-state index contributed by atoms with van der Waals surface area (Å²) in [6.07, 6.45) is 2.00. The van der Waals surface area contributed by atoms with Gasteiger partial charge in [0, 0.05) is 24.5 Å². The maximum Gasteiger partial charge on any atom is 0.373 e. The molecule has 8 nitrogen and oxygen atoms in total. The number of allylic oxidation sites excluding steroid dienone is 1. The van der Waals surface area contributed by atoms with Crippen LogP contribution in [0, 0.1) is 15.5 Å². The highest BCUT2D eigenvalue weighted by molar-refractivity contribution is 5.90. The highest BCUT2D eigenvalue weighted by Crippen LogP contribution is 2.52. The first-order valence-electron chi connectivity index (χ1n) is 8.91. The van der Waals surface area contributed by atoms with Crippen molar-refractivity contribution in [2.45, 2.75) is 44.8 Å². The molecule has 3 rings (SSSR count). The van der Waals surface area contributed by atoms with Crippen LogP contribution in [0.1, 0.15) is 44.1 Å². The van der Waals surface area contributed by atoms with Gasteiger partial charge in [0.1, 0.15) is 11.2 Å². The normalized spacial score (nSPS) is 27.6. The summed E-state index contributed by atoms with van der Waals surface area (Å²) < 4.78 is 10.3. The van der Waals surface area contributed by atoms with Gasteiger partial charge >= 0.3 is 5.97 Å². The molecule has 0 amide bonds. The Morgan fingerprint density at radius 3 is 2.89 bits per heavy atom. The summed E-state index contributed by atoms with van der Waals surface area (Å²) >= 11 is 0. The van der Waals surface area contributed by atoms with E-state index in [9.17, 15) is 24.8 Å². The number of nitro groups is 1. The number of aliphatic hydroxyl groups is 1. The van der Waals surface area contributed by atoms with Crippen molar-refractivity contribution in [1.29, 1.82) is 0 Å². The molecule has 0 saturated heterocycles. The van der Waals surface area contributed by atoms with E-state index in [1.54, 1.807) is 13.0 Å². The van der Waals surface area contributed by atoms with E-state index in [1.165, 1.54) is 24.3 Å². The van der Waals surface area contributed by atoms with Crippen LogP contribution in [0.25, 0.3) is 0 Å². The maximum atomic E-state index is 12.9. The summed E-state index contributed by atoms with van der Waals surface area (Å²) in [4.78, 5) is 35.6. The van der Waals surface area contributed by atoms with Crippen molar-refractivity contribution in [3.8, 4) is 0 Å². The number of esters is 1. The molecule has 1 N–H and O–H groups in total. The zero-order valence-electron chi connectivity index (χ0n) is 14.9.